The number of anilines is 2. The van der Waals surface area contributed by atoms with E-state index in [0.717, 1.165) is 28.9 Å². The summed E-state index contributed by atoms with van der Waals surface area (Å²) < 4.78 is 0. The van der Waals surface area contributed by atoms with Crippen molar-refractivity contribution in [2.75, 3.05) is 16.0 Å². The second-order valence-electron chi connectivity index (χ2n) is 7.40. The number of hydrogen-bond acceptors (Lipinski definition) is 3. The molecule has 1 aliphatic heterocycles. The quantitative estimate of drug-likeness (QED) is 0.590. The first kappa shape index (κ1) is 20.2. The minimum atomic E-state index is -0.138. The van der Waals surface area contributed by atoms with E-state index in [4.69, 9.17) is 0 Å². The van der Waals surface area contributed by atoms with Crippen molar-refractivity contribution in [3.63, 3.8) is 0 Å². The van der Waals surface area contributed by atoms with Gasteiger partial charge < -0.3 is 5.32 Å². The molecule has 3 aromatic rings. The third kappa shape index (κ3) is 4.26. The fourth-order valence-corrected chi connectivity index (χ4v) is 4.76. The zero-order chi connectivity index (χ0) is 21.1. The van der Waals surface area contributed by atoms with Crippen molar-refractivity contribution in [3.05, 3.63) is 95.1 Å². The van der Waals surface area contributed by atoms with Gasteiger partial charge in [-0.25, -0.2) is 0 Å². The van der Waals surface area contributed by atoms with E-state index in [-0.39, 0.29) is 17.2 Å². The lowest BCUT2D eigenvalue weighted by Gasteiger charge is -2.25. The van der Waals surface area contributed by atoms with Crippen LogP contribution in [0.15, 0.2) is 72.8 Å². The van der Waals surface area contributed by atoms with Gasteiger partial charge in [0.1, 0.15) is 5.37 Å². The van der Waals surface area contributed by atoms with E-state index in [1.165, 1.54) is 5.56 Å². The molecule has 1 atom stereocenters. The fourth-order valence-electron chi connectivity index (χ4n) is 3.59. The minimum Gasteiger partial charge on any atom is -0.322 e. The van der Waals surface area contributed by atoms with E-state index in [1.807, 2.05) is 84.6 Å². The van der Waals surface area contributed by atoms with Crippen molar-refractivity contribution >= 4 is 35.0 Å². The fraction of sp³-hybridized carbons (Fsp3) is 0.200. The Labute approximate surface area is 181 Å². The lowest BCUT2D eigenvalue weighted by atomic mass is 10.1. The number of carbonyl (C=O) groups excluding carboxylic acids is 2. The topological polar surface area (TPSA) is 49.4 Å². The molecule has 0 radical (unpaired) electrons. The summed E-state index contributed by atoms with van der Waals surface area (Å²) in [6.45, 7) is 4.11. The second kappa shape index (κ2) is 8.76. The molecule has 0 unspecified atom stereocenters. The van der Waals surface area contributed by atoms with Crippen molar-refractivity contribution in [2.45, 2.75) is 25.6 Å². The lowest BCUT2D eigenvalue weighted by molar-refractivity contribution is -0.115. The molecule has 1 heterocycles. The smallest absolute Gasteiger partial charge is 0.255 e. The average Bonchev–Trinajstić information content (AvgIpc) is 3.15. The molecule has 4 nitrogen and oxygen atoms in total. The Morgan fingerprint density at radius 1 is 1.07 bits per heavy atom. The molecule has 0 bridgehead atoms. The summed E-state index contributed by atoms with van der Waals surface area (Å²) >= 11 is 1.60. The second-order valence-corrected chi connectivity index (χ2v) is 8.46. The van der Waals surface area contributed by atoms with Crippen LogP contribution in [0.2, 0.25) is 0 Å². The molecule has 5 heteroatoms. The van der Waals surface area contributed by atoms with Gasteiger partial charge in [-0.05, 0) is 66.4 Å². The van der Waals surface area contributed by atoms with Crippen LogP contribution in [0.1, 0.15) is 39.3 Å². The summed E-state index contributed by atoms with van der Waals surface area (Å²) in [5, 5.41) is 2.87. The van der Waals surface area contributed by atoms with Crippen LogP contribution in [0.3, 0.4) is 0 Å². The van der Waals surface area contributed by atoms with Crippen LogP contribution in [0, 0.1) is 6.92 Å². The Balaban J connectivity index is 1.56. The van der Waals surface area contributed by atoms with E-state index in [1.54, 1.807) is 11.8 Å². The number of amides is 2. The largest absolute Gasteiger partial charge is 0.322 e. The van der Waals surface area contributed by atoms with Crippen molar-refractivity contribution in [2.24, 2.45) is 0 Å². The predicted molar refractivity (Wildman–Crippen MR) is 124 cm³/mol. The summed E-state index contributed by atoms with van der Waals surface area (Å²) in [7, 11) is 0. The molecule has 0 spiro atoms. The van der Waals surface area contributed by atoms with Crippen molar-refractivity contribution in [3.8, 4) is 0 Å². The maximum Gasteiger partial charge on any atom is 0.255 e. The van der Waals surface area contributed by atoms with Gasteiger partial charge in [0.15, 0.2) is 0 Å². The normalized spacial score (nSPS) is 16.0. The molecule has 0 saturated carbocycles. The van der Waals surface area contributed by atoms with Gasteiger partial charge >= 0.3 is 0 Å². The number of benzene rings is 3. The van der Waals surface area contributed by atoms with Crippen LogP contribution in [-0.4, -0.2) is 17.6 Å². The number of hydrogen-bond donors (Lipinski definition) is 1. The summed E-state index contributed by atoms with van der Waals surface area (Å²) in [5.41, 5.74) is 5.57. The number of nitrogens with one attached hydrogen (secondary N) is 1. The molecule has 1 saturated heterocycles. The molecule has 1 aliphatic rings. The van der Waals surface area contributed by atoms with Gasteiger partial charge in [0, 0.05) is 16.9 Å². The molecule has 152 valence electrons. The van der Waals surface area contributed by atoms with Crippen LogP contribution >= 0.6 is 11.8 Å². The number of thioether (sulfide) groups is 1. The molecule has 1 fully saturated rings. The van der Waals surface area contributed by atoms with E-state index in [2.05, 4.69) is 12.2 Å². The van der Waals surface area contributed by atoms with E-state index < -0.39 is 0 Å². The van der Waals surface area contributed by atoms with Gasteiger partial charge in [-0.1, -0.05) is 43.3 Å². The number of rotatable bonds is 5. The standard InChI is InChI=1S/C25H24N2O2S/c1-3-18-10-12-19(13-11-18)24(29)26-21-8-5-7-20(15-21)25-27(23(28)16-30-25)22-9-4-6-17(2)14-22/h4-15,25H,3,16H2,1-2H3,(H,26,29)/t25-/m1/s1. The van der Waals surface area contributed by atoms with Crippen molar-refractivity contribution in [1.29, 1.82) is 0 Å². The first-order valence-electron chi connectivity index (χ1n) is 10.1. The third-order valence-corrected chi connectivity index (χ3v) is 6.41. The van der Waals surface area contributed by atoms with Crippen LogP contribution in [0.25, 0.3) is 0 Å². The molecule has 1 N–H and O–H groups in total. The van der Waals surface area contributed by atoms with Gasteiger partial charge in [0.25, 0.3) is 5.91 Å². The molecule has 4 rings (SSSR count). The highest BCUT2D eigenvalue weighted by Crippen LogP contribution is 2.42. The van der Waals surface area contributed by atoms with Crippen LogP contribution in [0.5, 0.6) is 0 Å². The maximum absolute atomic E-state index is 12.6. The van der Waals surface area contributed by atoms with E-state index in [0.29, 0.717) is 11.3 Å². The number of nitrogens with zero attached hydrogens (tertiary/aromatic N) is 1. The molecular weight excluding hydrogens is 392 g/mol. The minimum absolute atomic E-state index is 0.0982. The Morgan fingerprint density at radius 2 is 1.83 bits per heavy atom. The maximum atomic E-state index is 12.6. The first-order valence-corrected chi connectivity index (χ1v) is 11.1. The Bertz CT molecular complexity index is 1080. The van der Waals surface area contributed by atoms with Gasteiger partial charge in [-0.2, -0.15) is 0 Å². The molecule has 3 aromatic carbocycles. The zero-order valence-corrected chi connectivity index (χ0v) is 17.9. The molecule has 2 amide bonds. The van der Waals surface area contributed by atoms with Gasteiger partial charge in [-0.15, -0.1) is 11.8 Å². The summed E-state index contributed by atoms with van der Waals surface area (Å²) in [5.74, 6) is 0.403. The van der Waals surface area contributed by atoms with Crippen LogP contribution < -0.4 is 10.2 Å². The molecule has 0 aromatic heterocycles. The SMILES string of the molecule is CCc1ccc(C(=O)Nc2cccc([C@H]3SCC(=O)N3c3cccc(C)c3)c2)cc1. The monoisotopic (exact) mass is 416 g/mol. The molecule has 30 heavy (non-hydrogen) atoms. The molecule has 0 aliphatic carbocycles. The van der Waals surface area contributed by atoms with Crippen LogP contribution in [0.4, 0.5) is 11.4 Å². The van der Waals surface area contributed by atoms with Gasteiger partial charge in [-0.3, -0.25) is 14.5 Å². The van der Waals surface area contributed by atoms with Gasteiger partial charge in [0.2, 0.25) is 5.91 Å². The highest BCUT2D eigenvalue weighted by atomic mass is 32.2. The predicted octanol–water partition coefficient (Wildman–Crippen LogP) is 5.59. The van der Waals surface area contributed by atoms with Crippen LogP contribution in [-0.2, 0) is 11.2 Å². The first-order chi connectivity index (χ1) is 14.5. The van der Waals surface area contributed by atoms with Gasteiger partial charge in [0.05, 0.1) is 5.75 Å². The lowest BCUT2D eigenvalue weighted by Crippen LogP contribution is -2.27. The average molecular weight is 417 g/mol. The Kier molecular flexibility index (Phi) is 5.91. The highest BCUT2D eigenvalue weighted by Gasteiger charge is 2.34. The Hall–Kier alpha value is -3.05. The van der Waals surface area contributed by atoms with E-state index >= 15 is 0 Å². The summed E-state index contributed by atoms with van der Waals surface area (Å²) in [4.78, 5) is 27.1. The highest BCUT2D eigenvalue weighted by molar-refractivity contribution is 8.00. The number of aryl methyl sites for hydroxylation is 2. The van der Waals surface area contributed by atoms with E-state index in [9.17, 15) is 9.59 Å². The molecular formula is C25H24N2O2S. The number of carbonyl (C=O) groups is 2. The zero-order valence-electron chi connectivity index (χ0n) is 17.1. The third-order valence-electron chi connectivity index (χ3n) is 5.20. The Morgan fingerprint density at radius 3 is 2.57 bits per heavy atom. The summed E-state index contributed by atoms with van der Waals surface area (Å²) in [6.07, 6.45) is 0.944. The van der Waals surface area contributed by atoms with Crippen molar-refractivity contribution < 1.29 is 9.59 Å². The summed E-state index contributed by atoms with van der Waals surface area (Å²) in [6, 6.07) is 23.4. The van der Waals surface area contributed by atoms with Crippen molar-refractivity contribution in [1.82, 2.24) is 0 Å².